The van der Waals surface area contributed by atoms with E-state index in [1.165, 1.54) is 0 Å². The molecule has 8 heteroatoms. The van der Waals surface area contributed by atoms with Crippen LogP contribution in [0.4, 0.5) is 0 Å². The summed E-state index contributed by atoms with van der Waals surface area (Å²) in [5.41, 5.74) is 0.871. The molecule has 0 aliphatic heterocycles. The first kappa shape index (κ1) is 15.7. The molecule has 1 aromatic rings. The van der Waals surface area contributed by atoms with Gasteiger partial charge in [-0.2, -0.15) is 0 Å². The maximum atomic E-state index is 11.6. The number of carbonyl (C=O) groups is 2. The Bertz CT molecular complexity index is 571. The van der Waals surface area contributed by atoms with Crippen molar-refractivity contribution in [3.8, 4) is 5.75 Å². The van der Waals surface area contributed by atoms with E-state index in [1.807, 2.05) is 0 Å². The fourth-order valence-corrected chi connectivity index (χ4v) is 1.91. The van der Waals surface area contributed by atoms with Gasteiger partial charge < -0.3 is 14.8 Å². The van der Waals surface area contributed by atoms with Gasteiger partial charge in [-0.3, -0.25) is 19.7 Å². The molecule has 0 saturated heterocycles. The molecule has 1 saturated carbocycles. The zero-order valence-corrected chi connectivity index (χ0v) is 12.0. The highest BCUT2D eigenvalue weighted by molar-refractivity contribution is 5.82. The zero-order valence-electron chi connectivity index (χ0n) is 12.0. The molecular formula is C14H16N2O6. The maximum Gasteiger partial charge on any atom is 0.316 e. The smallest absolute Gasteiger partial charge is 0.316 e. The van der Waals surface area contributed by atoms with Gasteiger partial charge in [-0.05, 0) is 17.7 Å². The molecule has 1 aliphatic rings. The minimum Gasteiger partial charge on any atom is -0.497 e. The van der Waals surface area contributed by atoms with Gasteiger partial charge >= 0.3 is 5.97 Å². The first-order chi connectivity index (χ1) is 10.5. The number of carbonyl (C=O) groups excluding carboxylic acids is 2. The van der Waals surface area contributed by atoms with Gasteiger partial charge in [-0.25, -0.2) is 0 Å². The van der Waals surface area contributed by atoms with Crippen molar-refractivity contribution in [1.29, 1.82) is 0 Å². The summed E-state index contributed by atoms with van der Waals surface area (Å²) in [7, 11) is 1.56. The van der Waals surface area contributed by atoms with Crippen molar-refractivity contribution in [2.45, 2.75) is 19.0 Å². The molecule has 8 nitrogen and oxygen atoms in total. The SMILES string of the molecule is COc1ccc(CNC(=O)COC(=O)C2CC2[N+](=O)[O-])cc1. The Hall–Kier alpha value is -2.64. The van der Waals surface area contributed by atoms with E-state index in [0.29, 0.717) is 12.3 Å². The van der Waals surface area contributed by atoms with Crippen LogP contribution in [0.25, 0.3) is 0 Å². The van der Waals surface area contributed by atoms with Crippen molar-refractivity contribution in [2.24, 2.45) is 5.92 Å². The Kier molecular flexibility index (Phi) is 4.92. The van der Waals surface area contributed by atoms with Crippen LogP contribution in [0.15, 0.2) is 24.3 Å². The Labute approximate surface area is 126 Å². The number of amides is 1. The van der Waals surface area contributed by atoms with Crippen LogP contribution < -0.4 is 10.1 Å². The van der Waals surface area contributed by atoms with E-state index in [9.17, 15) is 19.7 Å². The summed E-state index contributed by atoms with van der Waals surface area (Å²) in [6.45, 7) is -0.142. The third-order valence-electron chi connectivity index (χ3n) is 3.32. The molecule has 118 valence electrons. The van der Waals surface area contributed by atoms with E-state index >= 15 is 0 Å². The number of benzene rings is 1. The van der Waals surface area contributed by atoms with Gasteiger partial charge in [0.05, 0.1) is 7.11 Å². The predicted octanol–water partition coefficient (Wildman–Crippen LogP) is 0.520. The van der Waals surface area contributed by atoms with Crippen LogP contribution in [-0.4, -0.2) is 36.6 Å². The fraction of sp³-hybridized carbons (Fsp3) is 0.429. The number of nitrogens with one attached hydrogen (secondary N) is 1. The van der Waals surface area contributed by atoms with Crippen molar-refractivity contribution in [1.82, 2.24) is 5.32 Å². The van der Waals surface area contributed by atoms with Crippen molar-refractivity contribution < 1.29 is 24.0 Å². The molecule has 1 aliphatic carbocycles. The topological polar surface area (TPSA) is 108 Å². The highest BCUT2D eigenvalue weighted by Crippen LogP contribution is 2.33. The molecule has 1 aromatic carbocycles. The van der Waals surface area contributed by atoms with Crippen LogP contribution in [0.1, 0.15) is 12.0 Å². The largest absolute Gasteiger partial charge is 0.497 e. The van der Waals surface area contributed by atoms with Crippen LogP contribution in [0.3, 0.4) is 0 Å². The molecule has 2 atom stereocenters. The summed E-state index contributed by atoms with van der Waals surface area (Å²) >= 11 is 0. The lowest BCUT2D eigenvalue weighted by Crippen LogP contribution is -2.29. The van der Waals surface area contributed by atoms with Crippen molar-refractivity contribution >= 4 is 11.9 Å². The molecular weight excluding hydrogens is 292 g/mol. The van der Waals surface area contributed by atoms with Gasteiger partial charge in [0.1, 0.15) is 11.7 Å². The number of methoxy groups -OCH3 is 1. The van der Waals surface area contributed by atoms with Crippen molar-refractivity contribution in [2.75, 3.05) is 13.7 Å². The molecule has 0 aromatic heterocycles. The van der Waals surface area contributed by atoms with Crippen molar-refractivity contribution in [3.63, 3.8) is 0 Å². The van der Waals surface area contributed by atoms with Gasteiger partial charge in [0.25, 0.3) is 5.91 Å². The summed E-state index contributed by atoms with van der Waals surface area (Å²) < 4.78 is 9.78. The van der Waals surface area contributed by atoms with Crippen LogP contribution in [-0.2, 0) is 20.9 Å². The molecule has 1 amide bonds. The van der Waals surface area contributed by atoms with Gasteiger partial charge in [-0.15, -0.1) is 0 Å². The second-order valence-electron chi connectivity index (χ2n) is 4.93. The fourth-order valence-electron chi connectivity index (χ4n) is 1.91. The first-order valence-corrected chi connectivity index (χ1v) is 6.71. The average molecular weight is 308 g/mol. The minimum atomic E-state index is -0.866. The third-order valence-corrected chi connectivity index (χ3v) is 3.32. The van der Waals surface area contributed by atoms with Crippen LogP contribution in [0, 0.1) is 16.0 Å². The Morgan fingerprint density at radius 1 is 1.36 bits per heavy atom. The molecule has 1 fully saturated rings. The van der Waals surface area contributed by atoms with E-state index in [0.717, 1.165) is 5.56 Å². The monoisotopic (exact) mass is 308 g/mol. The number of nitro groups is 1. The lowest BCUT2D eigenvalue weighted by atomic mass is 10.2. The number of nitrogens with zero attached hydrogens (tertiary/aromatic N) is 1. The van der Waals surface area contributed by atoms with Gasteiger partial charge in [0.2, 0.25) is 6.04 Å². The molecule has 0 spiro atoms. The predicted molar refractivity (Wildman–Crippen MR) is 74.7 cm³/mol. The number of rotatable bonds is 7. The molecule has 0 bridgehead atoms. The first-order valence-electron chi connectivity index (χ1n) is 6.71. The molecule has 0 radical (unpaired) electrons. The van der Waals surface area contributed by atoms with E-state index < -0.39 is 35.4 Å². The average Bonchev–Trinajstić information content (AvgIpc) is 3.32. The van der Waals surface area contributed by atoms with Gasteiger partial charge in [-0.1, -0.05) is 12.1 Å². The lowest BCUT2D eigenvalue weighted by molar-refractivity contribution is -0.497. The highest BCUT2D eigenvalue weighted by atomic mass is 16.6. The second-order valence-corrected chi connectivity index (χ2v) is 4.93. The Balaban J connectivity index is 1.67. The molecule has 1 N–H and O–H groups in total. The molecule has 2 unspecified atom stereocenters. The summed E-state index contributed by atoms with van der Waals surface area (Å²) in [6, 6.07) is 6.28. The summed E-state index contributed by atoms with van der Waals surface area (Å²) in [4.78, 5) is 32.9. The second kappa shape index (κ2) is 6.88. The Morgan fingerprint density at radius 2 is 2.05 bits per heavy atom. The van der Waals surface area contributed by atoms with Crippen LogP contribution in [0.2, 0.25) is 0 Å². The Morgan fingerprint density at radius 3 is 2.59 bits per heavy atom. The van der Waals surface area contributed by atoms with Gasteiger partial charge in [0, 0.05) is 17.9 Å². The zero-order chi connectivity index (χ0) is 16.1. The molecule has 22 heavy (non-hydrogen) atoms. The third kappa shape index (κ3) is 4.18. The highest BCUT2D eigenvalue weighted by Gasteiger charge is 2.54. The summed E-state index contributed by atoms with van der Waals surface area (Å²) in [6.07, 6.45) is 0.180. The quantitative estimate of drug-likeness (QED) is 0.447. The number of ether oxygens (including phenoxy) is 2. The maximum absolute atomic E-state index is 11.6. The standard InChI is InChI=1S/C14H16N2O6/c1-21-10-4-2-9(3-5-10)7-15-13(17)8-22-14(18)11-6-12(11)16(19)20/h2-5,11-12H,6-8H2,1H3,(H,15,17). The lowest BCUT2D eigenvalue weighted by Gasteiger charge is -2.07. The van der Waals surface area contributed by atoms with Gasteiger partial charge in [0.15, 0.2) is 6.61 Å². The number of hydrogen-bond acceptors (Lipinski definition) is 6. The number of esters is 1. The summed E-state index contributed by atoms with van der Waals surface area (Å²) in [5.74, 6) is -1.15. The van der Waals surface area contributed by atoms with E-state index in [4.69, 9.17) is 9.47 Å². The molecule has 2 rings (SSSR count). The normalized spacial score (nSPS) is 19.1. The van der Waals surface area contributed by atoms with E-state index in [2.05, 4.69) is 5.32 Å². The van der Waals surface area contributed by atoms with Crippen molar-refractivity contribution in [3.05, 3.63) is 39.9 Å². The van der Waals surface area contributed by atoms with E-state index in [1.54, 1.807) is 31.4 Å². The summed E-state index contributed by atoms with van der Waals surface area (Å²) in [5, 5.41) is 13.0. The molecule has 0 heterocycles. The number of hydrogen-bond donors (Lipinski definition) is 1. The van der Waals surface area contributed by atoms with Crippen LogP contribution >= 0.6 is 0 Å². The minimum absolute atomic E-state index is 0.180. The van der Waals surface area contributed by atoms with E-state index in [-0.39, 0.29) is 6.42 Å². The van der Waals surface area contributed by atoms with Crippen LogP contribution in [0.5, 0.6) is 5.75 Å².